The summed E-state index contributed by atoms with van der Waals surface area (Å²) in [5.41, 5.74) is 7.25. The molecule has 110 valence electrons. The van der Waals surface area contributed by atoms with Gasteiger partial charge < -0.3 is 20.7 Å². The highest BCUT2D eigenvalue weighted by atomic mass is 16.5. The van der Waals surface area contributed by atoms with Crippen LogP contribution < -0.4 is 10.5 Å². The van der Waals surface area contributed by atoms with Crippen LogP contribution in [0.3, 0.4) is 0 Å². The average molecular weight is 293 g/mol. The summed E-state index contributed by atoms with van der Waals surface area (Å²) in [6.07, 6.45) is 0. The quantitative estimate of drug-likeness (QED) is 0.634. The van der Waals surface area contributed by atoms with Gasteiger partial charge >= 0.3 is 0 Å². The molecule has 0 amide bonds. The molecule has 4 heteroatoms. The second-order valence-corrected chi connectivity index (χ2v) is 4.84. The van der Waals surface area contributed by atoms with Crippen molar-refractivity contribution in [1.82, 2.24) is 0 Å². The highest BCUT2D eigenvalue weighted by Crippen LogP contribution is 2.43. The molecule has 0 unspecified atom stereocenters. The molecular weight excluding hydrogens is 278 g/mol. The number of nitrogens with two attached hydrogens (primary N) is 1. The van der Waals surface area contributed by atoms with Crippen LogP contribution >= 0.6 is 0 Å². The van der Waals surface area contributed by atoms with E-state index < -0.39 is 0 Å². The number of rotatable bonds is 3. The topological polar surface area (TPSA) is 75.7 Å². The Hall–Kier alpha value is -3.14. The number of ether oxygens (including phenoxy) is 1. The minimum atomic E-state index is 0.0365. The summed E-state index contributed by atoms with van der Waals surface area (Å²) in [6.45, 7) is 0. The summed E-state index contributed by atoms with van der Waals surface area (Å²) < 4.78 is 5.83. The van der Waals surface area contributed by atoms with E-state index in [9.17, 15) is 10.2 Å². The van der Waals surface area contributed by atoms with E-state index in [1.807, 2.05) is 0 Å². The lowest BCUT2D eigenvalue weighted by Crippen LogP contribution is -1.90. The highest BCUT2D eigenvalue weighted by molar-refractivity contribution is 5.80. The van der Waals surface area contributed by atoms with E-state index in [1.165, 1.54) is 0 Å². The summed E-state index contributed by atoms with van der Waals surface area (Å²) in [6, 6.07) is 18.7. The van der Waals surface area contributed by atoms with E-state index in [4.69, 9.17) is 10.5 Å². The molecule has 0 aliphatic rings. The van der Waals surface area contributed by atoms with Crippen LogP contribution in [0.15, 0.2) is 66.7 Å². The molecule has 4 N–H and O–H groups in total. The molecule has 0 heterocycles. The van der Waals surface area contributed by atoms with Gasteiger partial charge in [0.1, 0.15) is 23.0 Å². The number of para-hydroxylation sites is 1. The summed E-state index contributed by atoms with van der Waals surface area (Å²) >= 11 is 0. The van der Waals surface area contributed by atoms with Gasteiger partial charge in [0.15, 0.2) is 0 Å². The van der Waals surface area contributed by atoms with Crippen LogP contribution in [0, 0.1) is 0 Å². The number of phenols is 2. The Balaban J connectivity index is 2.07. The van der Waals surface area contributed by atoms with E-state index in [-0.39, 0.29) is 11.5 Å². The molecule has 3 rings (SSSR count). The molecule has 0 fully saturated rings. The SMILES string of the molecule is Nc1ccc(Oc2cccc(O)c2-c2ccccc2O)cc1. The third kappa shape index (κ3) is 2.67. The summed E-state index contributed by atoms with van der Waals surface area (Å²) in [5, 5.41) is 20.2. The van der Waals surface area contributed by atoms with Gasteiger partial charge in [-0.2, -0.15) is 0 Å². The zero-order valence-electron chi connectivity index (χ0n) is 11.7. The second-order valence-electron chi connectivity index (χ2n) is 4.84. The summed E-state index contributed by atoms with van der Waals surface area (Å²) in [5.74, 6) is 1.16. The first kappa shape index (κ1) is 13.8. The first-order valence-corrected chi connectivity index (χ1v) is 6.79. The van der Waals surface area contributed by atoms with Crippen LogP contribution in [0.5, 0.6) is 23.0 Å². The van der Waals surface area contributed by atoms with Crippen molar-refractivity contribution in [1.29, 1.82) is 0 Å². The van der Waals surface area contributed by atoms with Crippen molar-refractivity contribution in [3.63, 3.8) is 0 Å². The van der Waals surface area contributed by atoms with Crippen LogP contribution in [0.4, 0.5) is 5.69 Å². The molecule has 3 aromatic rings. The van der Waals surface area contributed by atoms with Crippen LogP contribution in [-0.2, 0) is 0 Å². The fraction of sp³-hybridized carbons (Fsp3) is 0. The smallest absolute Gasteiger partial charge is 0.139 e. The third-order valence-electron chi connectivity index (χ3n) is 3.29. The van der Waals surface area contributed by atoms with Gasteiger partial charge in [-0.3, -0.25) is 0 Å². The Morgan fingerprint density at radius 2 is 1.41 bits per heavy atom. The number of phenolic OH excluding ortho intramolecular Hbond substituents is 2. The van der Waals surface area contributed by atoms with Crippen molar-refractivity contribution in [2.75, 3.05) is 5.73 Å². The maximum atomic E-state index is 10.2. The standard InChI is InChI=1S/C18H15NO3/c19-12-8-10-13(11-9-12)22-17-7-3-6-16(21)18(17)14-4-1-2-5-15(14)20/h1-11,20-21H,19H2. The number of benzene rings is 3. The first-order valence-electron chi connectivity index (χ1n) is 6.79. The highest BCUT2D eigenvalue weighted by Gasteiger charge is 2.15. The Morgan fingerprint density at radius 3 is 2.14 bits per heavy atom. The maximum Gasteiger partial charge on any atom is 0.139 e. The van der Waals surface area contributed by atoms with E-state index in [1.54, 1.807) is 66.7 Å². The zero-order chi connectivity index (χ0) is 15.5. The van der Waals surface area contributed by atoms with Gasteiger partial charge in [0, 0.05) is 11.3 Å². The van der Waals surface area contributed by atoms with Gasteiger partial charge in [-0.15, -0.1) is 0 Å². The monoisotopic (exact) mass is 293 g/mol. The number of hydrogen-bond acceptors (Lipinski definition) is 4. The number of anilines is 1. The van der Waals surface area contributed by atoms with Crippen molar-refractivity contribution >= 4 is 5.69 Å². The minimum Gasteiger partial charge on any atom is -0.507 e. The first-order chi connectivity index (χ1) is 10.6. The lowest BCUT2D eigenvalue weighted by Gasteiger charge is -2.14. The van der Waals surface area contributed by atoms with Crippen LogP contribution in [-0.4, -0.2) is 10.2 Å². The maximum absolute atomic E-state index is 10.2. The van der Waals surface area contributed by atoms with Crippen molar-refractivity contribution in [2.24, 2.45) is 0 Å². The van der Waals surface area contributed by atoms with Gasteiger partial charge in [0.2, 0.25) is 0 Å². The van der Waals surface area contributed by atoms with Crippen molar-refractivity contribution in [3.05, 3.63) is 66.7 Å². The van der Waals surface area contributed by atoms with Crippen LogP contribution in [0.25, 0.3) is 11.1 Å². The molecule has 0 aromatic heterocycles. The van der Waals surface area contributed by atoms with Gasteiger partial charge in [-0.1, -0.05) is 24.3 Å². The molecule has 4 nitrogen and oxygen atoms in total. The summed E-state index contributed by atoms with van der Waals surface area (Å²) in [7, 11) is 0. The normalized spacial score (nSPS) is 10.4. The second kappa shape index (κ2) is 5.69. The van der Waals surface area contributed by atoms with Crippen molar-refractivity contribution < 1.29 is 14.9 Å². The lowest BCUT2D eigenvalue weighted by atomic mass is 10.0. The largest absolute Gasteiger partial charge is 0.507 e. The minimum absolute atomic E-state index is 0.0365. The molecule has 22 heavy (non-hydrogen) atoms. The molecule has 0 saturated carbocycles. The molecule has 0 atom stereocenters. The molecule has 3 aromatic carbocycles. The molecule has 0 aliphatic carbocycles. The van der Waals surface area contributed by atoms with Gasteiger partial charge in [-0.25, -0.2) is 0 Å². The van der Waals surface area contributed by atoms with Crippen LogP contribution in [0.2, 0.25) is 0 Å². The number of nitrogen functional groups attached to an aromatic ring is 1. The Kier molecular flexibility index (Phi) is 3.58. The fourth-order valence-electron chi connectivity index (χ4n) is 2.22. The van der Waals surface area contributed by atoms with E-state index in [2.05, 4.69) is 0 Å². The predicted octanol–water partition coefficient (Wildman–Crippen LogP) is 4.14. The predicted molar refractivity (Wildman–Crippen MR) is 86.1 cm³/mol. The molecule has 0 bridgehead atoms. The summed E-state index contributed by atoms with van der Waals surface area (Å²) in [4.78, 5) is 0. The van der Waals surface area contributed by atoms with Gasteiger partial charge in [0.25, 0.3) is 0 Å². The van der Waals surface area contributed by atoms with Crippen molar-refractivity contribution in [2.45, 2.75) is 0 Å². The molecule has 0 aliphatic heterocycles. The lowest BCUT2D eigenvalue weighted by molar-refractivity contribution is 0.454. The van der Waals surface area contributed by atoms with E-state index in [0.717, 1.165) is 0 Å². The third-order valence-corrected chi connectivity index (χ3v) is 3.29. The fourth-order valence-corrected chi connectivity index (χ4v) is 2.22. The Bertz CT molecular complexity index is 798. The average Bonchev–Trinajstić information content (AvgIpc) is 2.51. The molecular formula is C18H15NO3. The van der Waals surface area contributed by atoms with E-state index in [0.29, 0.717) is 28.3 Å². The van der Waals surface area contributed by atoms with Gasteiger partial charge in [0.05, 0.1) is 5.56 Å². The van der Waals surface area contributed by atoms with Gasteiger partial charge in [-0.05, 0) is 42.5 Å². The number of aromatic hydroxyl groups is 2. The molecule has 0 spiro atoms. The molecule has 0 radical (unpaired) electrons. The van der Waals surface area contributed by atoms with E-state index >= 15 is 0 Å². The Labute approximate surface area is 128 Å². The number of hydrogen-bond donors (Lipinski definition) is 3. The zero-order valence-corrected chi connectivity index (χ0v) is 11.7. The molecule has 0 saturated heterocycles. The Morgan fingerprint density at radius 1 is 0.727 bits per heavy atom. The van der Waals surface area contributed by atoms with Crippen molar-refractivity contribution in [3.8, 4) is 34.1 Å². The van der Waals surface area contributed by atoms with Crippen LogP contribution in [0.1, 0.15) is 0 Å².